The van der Waals surface area contributed by atoms with Gasteiger partial charge in [-0.25, -0.2) is 8.42 Å². The van der Waals surface area contributed by atoms with Crippen LogP contribution >= 0.6 is 0 Å². The van der Waals surface area contributed by atoms with E-state index in [0.29, 0.717) is 24.9 Å². The third-order valence-corrected chi connectivity index (χ3v) is 6.44. The quantitative estimate of drug-likeness (QED) is 0.800. The summed E-state index contributed by atoms with van der Waals surface area (Å²) in [4.78, 5) is 13.2. The van der Waals surface area contributed by atoms with Crippen molar-refractivity contribution in [1.29, 1.82) is 0 Å². The van der Waals surface area contributed by atoms with E-state index < -0.39 is 16.1 Å². The highest BCUT2D eigenvalue weighted by atomic mass is 32.2. The smallest absolute Gasteiger partial charge is 0.243 e. The molecule has 0 saturated carbocycles. The van der Waals surface area contributed by atoms with Gasteiger partial charge in [0.05, 0.1) is 10.9 Å². The molecule has 0 aliphatic carbocycles. The molecule has 1 atom stereocenters. The minimum Gasteiger partial charge on any atom is -0.292 e. The molecular formula is C19H21NO3S. The van der Waals surface area contributed by atoms with Crippen LogP contribution in [0.3, 0.4) is 0 Å². The van der Waals surface area contributed by atoms with Crippen LogP contribution in [-0.4, -0.2) is 31.1 Å². The van der Waals surface area contributed by atoms with Gasteiger partial charge < -0.3 is 0 Å². The van der Waals surface area contributed by atoms with Crippen LogP contribution < -0.4 is 0 Å². The Bertz CT molecular complexity index is 859. The van der Waals surface area contributed by atoms with Crippen molar-refractivity contribution in [2.45, 2.75) is 37.6 Å². The van der Waals surface area contributed by atoms with E-state index in [4.69, 9.17) is 0 Å². The van der Waals surface area contributed by atoms with Gasteiger partial charge in [0, 0.05) is 12.1 Å². The molecule has 1 unspecified atom stereocenters. The van der Waals surface area contributed by atoms with Crippen LogP contribution in [0.1, 0.15) is 34.3 Å². The first-order valence-corrected chi connectivity index (χ1v) is 9.53. The van der Waals surface area contributed by atoms with Crippen molar-refractivity contribution in [3.05, 3.63) is 65.2 Å². The molecule has 0 aromatic heterocycles. The maximum Gasteiger partial charge on any atom is 0.243 e. The molecule has 1 saturated heterocycles. The van der Waals surface area contributed by atoms with Gasteiger partial charge in [0.25, 0.3) is 0 Å². The molecule has 1 aliphatic rings. The summed E-state index contributed by atoms with van der Waals surface area (Å²) < 4.78 is 27.2. The average molecular weight is 343 g/mol. The molecule has 2 aromatic carbocycles. The summed E-state index contributed by atoms with van der Waals surface area (Å²) in [5.74, 6) is -0.104. The monoisotopic (exact) mass is 343 g/mol. The second kappa shape index (κ2) is 6.49. The molecule has 1 fully saturated rings. The molecule has 2 aromatic rings. The van der Waals surface area contributed by atoms with Gasteiger partial charge in [-0.1, -0.05) is 35.9 Å². The molecule has 24 heavy (non-hydrogen) atoms. The lowest BCUT2D eigenvalue weighted by Crippen LogP contribution is -2.40. The van der Waals surface area contributed by atoms with E-state index in [1.54, 1.807) is 30.3 Å². The van der Waals surface area contributed by atoms with Gasteiger partial charge in [-0.3, -0.25) is 4.79 Å². The zero-order valence-corrected chi connectivity index (χ0v) is 14.7. The van der Waals surface area contributed by atoms with Crippen LogP contribution in [-0.2, 0) is 10.0 Å². The molecule has 0 spiro atoms. The predicted octanol–water partition coefficient (Wildman–Crippen LogP) is 3.34. The Kier molecular flexibility index (Phi) is 4.56. The van der Waals surface area contributed by atoms with Gasteiger partial charge in [0.2, 0.25) is 10.0 Å². The van der Waals surface area contributed by atoms with Gasteiger partial charge in [0.15, 0.2) is 5.78 Å². The Labute approximate surface area is 143 Å². The highest BCUT2D eigenvalue weighted by Crippen LogP contribution is 2.29. The lowest BCUT2D eigenvalue weighted by molar-refractivity contribution is 0.0917. The number of hydrogen-bond donors (Lipinski definition) is 0. The summed E-state index contributed by atoms with van der Waals surface area (Å²) in [6.45, 7) is 4.21. The number of carbonyl (C=O) groups is 1. The minimum atomic E-state index is -3.65. The van der Waals surface area contributed by atoms with Crippen LogP contribution in [0.25, 0.3) is 0 Å². The van der Waals surface area contributed by atoms with Crippen LogP contribution in [0.2, 0.25) is 0 Å². The fraction of sp³-hybridized carbons (Fsp3) is 0.316. The predicted molar refractivity (Wildman–Crippen MR) is 93.6 cm³/mol. The van der Waals surface area contributed by atoms with Gasteiger partial charge in [-0.2, -0.15) is 4.31 Å². The Hall–Kier alpha value is -1.98. The average Bonchev–Trinajstić information content (AvgIpc) is 3.08. The fourth-order valence-electron chi connectivity index (χ4n) is 3.20. The second-order valence-corrected chi connectivity index (χ2v) is 8.16. The van der Waals surface area contributed by atoms with Crippen LogP contribution in [0.15, 0.2) is 53.4 Å². The molecule has 0 amide bonds. The number of benzene rings is 2. The van der Waals surface area contributed by atoms with Crippen LogP contribution in [0, 0.1) is 13.8 Å². The first kappa shape index (κ1) is 16.9. The van der Waals surface area contributed by atoms with Gasteiger partial charge in [0.1, 0.15) is 0 Å². The van der Waals surface area contributed by atoms with Crippen molar-refractivity contribution in [1.82, 2.24) is 4.31 Å². The minimum absolute atomic E-state index is 0.104. The molecular weight excluding hydrogens is 322 g/mol. The van der Waals surface area contributed by atoms with E-state index in [-0.39, 0.29) is 10.7 Å². The largest absolute Gasteiger partial charge is 0.292 e. The van der Waals surface area contributed by atoms with E-state index in [1.165, 1.54) is 4.31 Å². The number of carbonyl (C=O) groups excluding carboxylic acids is 1. The Balaban J connectivity index is 1.96. The molecule has 1 heterocycles. The number of rotatable bonds is 4. The maximum atomic E-state index is 13.0. The zero-order chi connectivity index (χ0) is 17.3. The maximum absolute atomic E-state index is 13.0. The normalized spacial score (nSPS) is 18.7. The molecule has 0 N–H and O–H groups in total. The number of aryl methyl sites for hydroxylation is 2. The number of sulfonamides is 1. The molecule has 126 valence electrons. The summed E-state index contributed by atoms with van der Waals surface area (Å²) in [6, 6.07) is 13.4. The lowest BCUT2D eigenvalue weighted by Gasteiger charge is -2.23. The molecule has 0 bridgehead atoms. The number of hydrogen-bond acceptors (Lipinski definition) is 3. The van der Waals surface area contributed by atoms with E-state index in [0.717, 1.165) is 11.1 Å². The van der Waals surface area contributed by atoms with Gasteiger partial charge in [-0.15, -0.1) is 0 Å². The first-order chi connectivity index (χ1) is 11.4. The molecule has 4 nitrogen and oxygen atoms in total. The van der Waals surface area contributed by atoms with Gasteiger partial charge >= 0.3 is 0 Å². The van der Waals surface area contributed by atoms with E-state index >= 15 is 0 Å². The summed E-state index contributed by atoms with van der Waals surface area (Å²) >= 11 is 0. The molecule has 1 aliphatic heterocycles. The summed E-state index contributed by atoms with van der Waals surface area (Å²) in [5, 5.41) is 0. The standard InChI is InChI=1S/C19H21NO3S/c1-14-10-11-15(2)17(13-14)19(21)18-9-6-12-20(18)24(22,23)16-7-4-3-5-8-16/h3-5,7-8,10-11,13,18H,6,9,12H2,1-2H3. The third kappa shape index (κ3) is 3.01. The second-order valence-electron chi connectivity index (χ2n) is 6.27. The summed E-state index contributed by atoms with van der Waals surface area (Å²) in [7, 11) is -3.65. The van der Waals surface area contributed by atoms with Crippen LogP contribution in [0.4, 0.5) is 0 Å². The number of Topliss-reactive ketones (excluding diaryl/α,β-unsaturated/α-hetero) is 1. The van der Waals surface area contributed by atoms with Gasteiger partial charge in [-0.05, 0) is 50.5 Å². The highest BCUT2D eigenvalue weighted by molar-refractivity contribution is 7.89. The summed E-state index contributed by atoms with van der Waals surface area (Å²) in [6.07, 6.45) is 1.27. The Morgan fingerprint density at radius 2 is 1.79 bits per heavy atom. The van der Waals surface area contributed by atoms with Crippen molar-refractivity contribution < 1.29 is 13.2 Å². The van der Waals surface area contributed by atoms with Crippen molar-refractivity contribution in [2.75, 3.05) is 6.54 Å². The van der Waals surface area contributed by atoms with Crippen LogP contribution in [0.5, 0.6) is 0 Å². The topological polar surface area (TPSA) is 54.5 Å². The third-order valence-electron chi connectivity index (χ3n) is 4.51. The molecule has 0 radical (unpaired) electrons. The van der Waals surface area contributed by atoms with E-state index in [9.17, 15) is 13.2 Å². The molecule has 3 rings (SSSR count). The van der Waals surface area contributed by atoms with Crippen molar-refractivity contribution in [2.24, 2.45) is 0 Å². The number of nitrogens with zero attached hydrogens (tertiary/aromatic N) is 1. The zero-order valence-electron chi connectivity index (χ0n) is 13.9. The Morgan fingerprint density at radius 3 is 2.50 bits per heavy atom. The van der Waals surface area contributed by atoms with Crippen molar-refractivity contribution >= 4 is 15.8 Å². The van der Waals surface area contributed by atoms with E-state index in [1.807, 2.05) is 32.0 Å². The van der Waals surface area contributed by atoms with E-state index in [2.05, 4.69) is 0 Å². The summed E-state index contributed by atoms with van der Waals surface area (Å²) in [5.41, 5.74) is 2.50. The van der Waals surface area contributed by atoms with Crippen molar-refractivity contribution in [3.63, 3.8) is 0 Å². The number of ketones is 1. The Morgan fingerprint density at radius 1 is 1.08 bits per heavy atom. The fourth-order valence-corrected chi connectivity index (χ4v) is 4.88. The molecule has 5 heteroatoms. The highest BCUT2D eigenvalue weighted by Gasteiger charge is 2.39. The first-order valence-electron chi connectivity index (χ1n) is 8.09. The van der Waals surface area contributed by atoms with Crippen molar-refractivity contribution in [3.8, 4) is 0 Å². The SMILES string of the molecule is Cc1ccc(C)c(C(=O)C2CCCN2S(=O)(=O)c2ccccc2)c1. The lowest BCUT2D eigenvalue weighted by atomic mass is 9.97.